The molecule has 0 aromatic heterocycles. The molecule has 0 radical (unpaired) electrons. The van der Waals surface area contributed by atoms with Crippen LogP contribution < -0.4 is 0 Å². The highest BCUT2D eigenvalue weighted by Crippen LogP contribution is 2.73. The summed E-state index contributed by atoms with van der Waals surface area (Å²) in [6.45, 7) is 12.2. The fraction of sp³-hybridized carbons (Fsp3) is 0.812. The van der Waals surface area contributed by atoms with Crippen molar-refractivity contribution >= 4 is 5.78 Å². The number of ketones is 1. The predicted octanol–water partition coefficient (Wildman–Crippen LogP) is 2.95. The van der Waals surface area contributed by atoms with Gasteiger partial charge in [-0.1, -0.05) is 40.7 Å². The van der Waals surface area contributed by atoms with Crippen molar-refractivity contribution in [2.45, 2.75) is 46.8 Å². The van der Waals surface area contributed by atoms with Gasteiger partial charge >= 0.3 is 0 Å². The van der Waals surface area contributed by atoms with E-state index in [4.69, 9.17) is 9.47 Å². The minimum Gasteiger partial charge on any atom is -0.347 e. The molecule has 1 saturated carbocycles. The van der Waals surface area contributed by atoms with Gasteiger partial charge in [-0.15, -0.1) is 0 Å². The van der Waals surface area contributed by atoms with E-state index in [-0.39, 0.29) is 27.9 Å². The second-order valence-corrected chi connectivity index (χ2v) is 7.33. The van der Waals surface area contributed by atoms with Crippen LogP contribution >= 0.6 is 0 Å². The van der Waals surface area contributed by atoms with Crippen LogP contribution in [0.2, 0.25) is 0 Å². The molecule has 0 bridgehead atoms. The van der Waals surface area contributed by atoms with Crippen molar-refractivity contribution in [3.63, 3.8) is 0 Å². The fourth-order valence-corrected chi connectivity index (χ4v) is 4.88. The first kappa shape index (κ1) is 13.3. The maximum absolute atomic E-state index is 12.2. The molecule has 2 fully saturated rings. The molecule has 0 aromatic rings. The van der Waals surface area contributed by atoms with Gasteiger partial charge in [-0.05, 0) is 16.9 Å². The van der Waals surface area contributed by atoms with Gasteiger partial charge < -0.3 is 9.47 Å². The SMILES string of the molecule is C[C@H]1C(=O)C=C[C@]2(C)CC3(OCCO3)C(C)(C)[C@]12C. The van der Waals surface area contributed by atoms with Crippen LogP contribution in [0.1, 0.15) is 41.0 Å². The number of rotatable bonds is 0. The Morgan fingerprint density at radius 2 is 1.74 bits per heavy atom. The molecule has 0 N–H and O–H groups in total. The minimum absolute atomic E-state index is 0.00956. The maximum atomic E-state index is 12.2. The van der Waals surface area contributed by atoms with Crippen molar-refractivity contribution in [2.24, 2.45) is 22.2 Å². The topological polar surface area (TPSA) is 35.5 Å². The second-order valence-electron chi connectivity index (χ2n) is 7.33. The van der Waals surface area contributed by atoms with Gasteiger partial charge in [-0.3, -0.25) is 4.79 Å². The Morgan fingerprint density at radius 3 is 2.32 bits per heavy atom. The van der Waals surface area contributed by atoms with Gasteiger partial charge in [0, 0.05) is 17.8 Å². The molecular weight excluding hydrogens is 240 g/mol. The van der Waals surface area contributed by atoms with Gasteiger partial charge in [0.05, 0.1) is 13.2 Å². The Balaban J connectivity index is 2.20. The Kier molecular flexibility index (Phi) is 2.45. The van der Waals surface area contributed by atoms with E-state index in [9.17, 15) is 4.79 Å². The summed E-state index contributed by atoms with van der Waals surface area (Å²) in [5.41, 5.74) is -0.421. The number of carbonyl (C=O) groups is 1. The highest BCUT2D eigenvalue weighted by molar-refractivity contribution is 5.93. The van der Waals surface area contributed by atoms with Crippen LogP contribution in [0.5, 0.6) is 0 Å². The smallest absolute Gasteiger partial charge is 0.174 e. The summed E-state index contributed by atoms with van der Waals surface area (Å²) in [5.74, 6) is -0.326. The van der Waals surface area contributed by atoms with Gasteiger partial charge in [0.2, 0.25) is 0 Å². The van der Waals surface area contributed by atoms with E-state index in [0.29, 0.717) is 13.2 Å². The number of hydrogen-bond acceptors (Lipinski definition) is 3. The number of hydrogen-bond donors (Lipinski definition) is 0. The monoisotopic (exact) mass is 264 g/mol. The lowest BCUT2D eigenvalue weighted by Crippen LogP contribution is -2.54. The maximum Gasteiger partial charge on any atom is 0.174 e. The zero-order valence-corrected chi connectivity index (χ0v) is 12.6. The number of carbonyl (C=O) groups excluding carboxylic acids is 1. The summed E-state index contributed by atoms with van der Waals surface area (Å²) in [5, 5.41) is 0. The van der Waals surface area contributed by atoms with E-state index in [1.54, 1.807) is 6.08 Å². The van der Waals surface area contributed by atoms with Crippen molar-refractivity contribution in [1.29, 1.82) is 0 Å². The van der Waals surface area contributed by atoms with Gasteiger partial charge in [-0.25, -0.2) is 0 Å². The molecule has 106 valence electrons. The molecule has 0 unspecified atom stereocenters. The van der Waals surface area contributed by atoms with E-state index >= 15 is 0 Å². The zero-order valence-electron chi connectivity index (χ0n) is 12.6. The zero-order chi connectivity index (χ0) is 14.1. The Morgan fingerprint density at radius 1 is 1.16 bits per heavy atom. The highest BCUT2D eigenvalue weighted by Gasteiger charge is 2.74. The summed E-state index contributed by atoms with van der Waals surface area (Å²) in [4.78, 5) is 12.2. The molecule has 2 aliphatic carbocycles. The van der Waals surface area contributed by atoms with Crippen LogP contribution in [-0.4, -0.2) is 24.8 Å². The van der Waals surface area contributed by atoms with Crippen molar-refractivity contribution in [3.05, 3.63) is 12.2 Å². The third-order valence-electron chi connectivity index (χ3n) is 6.70. The second kappa shape index (κ2) is 3.50. The molecule has 3 nitrogen and oxygen atoms in total. The summed E-state index contributed by atoms with van der Waals surface area (Å²) >= 11 is 0. The van der Waals surface area contributed by atoms with Crippen LogP contribution in [0.15, 0.2) is 12.2 Å². The van der Waals surface area contributed by atoms with Crippen LogP contribution in [0.25, 0.3) is 0 Å². The molecule has 1 heterocycles. The average molecular weight is 264 g/mol. The lowest BCUT2D eigenvalue weighted by Gasteiger charge is -2.53. The number of ether oxygens (including phenoxy) is 2. The minimum atomic E-state index is -0.542. The van der Waals surface area contributed by atoms with Crippen molar-refractivity contribution in [3.8, 4) is 0 Å². The quantitative estimate of drug-likeness (QED) is 0.675. The Bertz CT molecular complexity index is 459. The Hall–Kier alpha value is -0.670. The lowest BCUT2D eigenvalue weighted by molar-refractivity contribution is -0.233. The van der Waals surface area contributed by atoms with E-state index in [1.165, 1.54) is 0 Å². The molecule has 1 saturated heterocycles. The molecule has 0 aromatic carbocycles. The molecule has 1 spiro atoms. The average Bonchev–Trinajstić information content (AvgIpc) is 2.85. The van der Waals surface area contributed by atoms with Crippen LogP contribution in [-0.2, 0) is 14.3 Å². The largest absolute Gasteiger partial charge is 0.347 e. The van der Waals surface area contributed by atoms with Crippen LogP contribution in [0.4, 0.5) is 0 Å². The van der Waals surface area contributed by atoms with Crippen molar-refractivity contribution < 1.29 is 14.3 Å². The summed E-state index contributed by atoms with van der Waals surface area (Å²) in [6.07, 6.45) is 4.69. The molecule has 1 aliphatic heterocycles. The molecule has 3 heteroatoms. The molecular formula is C16H24O3. The standard InChI is InChI=1S/C16H24O3/c1-11-12(17)6-7-14(4)10-16(18-8-9-19-16)13(2,3)15(11,14)5/h6-7,11H,8-10H2,1-5H3/t11-,14+,15-/m0/s1. The molecule has 0 amide bonds. The number of fused-ring (bicyclic) bond motifs is 1. The van der Waals surface area contributed by atoms with E-state index in [1.807, 2.05) is 0 Å². The summed E-state index contributed by atoms with van der Waals surface area (Å²) < 4.78 is 12.1. The summed E-state index contributed by atoms with van der Waals surface area (Å²) in [7, 11) is 0. The van der Waals surface area contributed by atoms with Crippen LogP contribution in [0, 0.1) is 22.2 Å². The van der Waals surface area contributed by atoms with E-state index in [0.717, 1.165) is 6.42 Å². The third kappa shape index (κ3) is 1.24. The van der Waals surface area contributed by atoms with Crippen LogP contribution in [0.3, 0.4) is 0 Å². The highest BCUT2D eigenvalue weighted by atomic mass is 16.7. The summed E-state index contributed by atoms with van der Waals surface area (Å²) in [6, 6.07) is 0. The molecule has 3 rings (SSSR count). The first-order valence-corrected chi connectivity index (χ1v) is 7.21. The number of allylic oxidation sites excluding steroid dienone is 2. The van der Waals surface area contributed by atoms with Gasteiger partial charge in [-0.2, -0.15) is 0 Å². The third-order valence-corrected chi connectivity index (χ3v) is 6.70. The molecule has 19 heavy (non-hydrogen) atoms. The van der Waals surface area contributed by atoms with Gasteiger partial charge in [0.25, 0.3) is 0 Å². The van der Waals surface area contributed by atoms with Gasteiger partial charge in [0.15, 0.2) is 11.6 Å². The Labute approximate surface area is 115 Å². The predicted molar refractivity (Wildman–Crippen MR) is 72.6 cm³/mol. The van der Waals surface area contributed by atoms with E-state index < -0.39 is 5.79 Å². The van der Waals surface area contributed by atoms with Gasteiger partial charge in [0.1, 0.15) is 0 Å². The first-order chi connectivity index (χ1) is 8.70. The van der Waals surface area contributed by atoms with Crippen molar-refractivity contribution in [1.82, 2.24) is 0 Å². The lowest BCUT2D eigenvalue weighted by atomic mass is 9.50. The normalized spacial score (nSPS) is 46.8. The van der Waals surface area contributed by atoms with Crippen molar-refractivity contribution in [2.75, 3.05) is 13.2 Å². The molecule has 3 atom stereocenters. The molecule has 3 aliphatic rings. The fourth-order valence-electron chi connectivity index (χ4n) is 4.88. The first-order valence-electron chi connectivity index (χ1n) is 7.21. The van der Waals surface area contributed by atoms with E-state index in [2.05, 4.69) is 40.7 Å².